The quantitative estimate of drug-likeness (QED) is 0.725. The molecule has 0 aliphatic heterocycles. The predicted octanol–water partition coefficient (Wildman–Crippen LogP) is 2.18. The molecule has 0 spiro atoms. The second-order valence-corrected chi connectivity index (χ2v) is 5.14. The van der Waals surface area contributed by atoms with E-state index in [0.717, 1.165) is 25.7 Å². The van der Waals surface area contributed by atoms with Gasteiger partial charge in [0.2, 0.25) is 5.91 Å². The van der Waals surface area contributed by atoms with E-state index in [1.54, 1.807) is 0 Å². The van der Waals surface area contributed by atoms with Gasteiger partial charge >= 0.3 is 5.97 Å². The number of carbonyl (C=O) groups excluding carboxylic acids is 1. The molecule has 4 heteroatoms. The lowest BCUT2D eigenvalue weighted by Gasteiger charge is -2.16. The minimum atomic E-state index is -0.804. The van der Waals surface area contributed by atoms with Crippen molar-refractivity contribution in [3.05, 3.63) is 0 Å². The van der Waals surface area contributed by atoms with Crippen molar-refractivity contribution in [3.63, 3.8) is 0 Å². The Morgan fingerprint density at radius 1 is 1.24 bits per heavy atom. The summed E-state index contributed by atoms with van der Waals surface area (Å²) >= 11 is 0. The molecule has 0 saturated heterocycles. The second kappa shape index (κ2) is 7.30. The molecule has 1 unspecified atom stereocenters. The molecule has 2 N–H and O–H groups in total. The molecule has 1 amide bonds. The molecule has 0 aromatic heterocycles. The van der Waals surface area contributed by atoms with Crippen molar-refractivity contribution < 1.29 is 14.7 Å². The molecule has 0 heterocycles. The van der Waals surface area contributed by atoms with Crippen LogP contribution in [-0.2, 0) is 9.59 Å². The summed E-state index contributed by atoms with van der Waals surface area (Å²) in [6.07, 6.45) is 6.84. The summed E-state index contributed by atoms with van der Waals surface area (Å²) < 4.78 is 0. The maximum absolute atomic E-state index is 11.9. The molecule has 1 aliphatic carbocycles. The molecule has 4 nitrogen and oxygen atoms in total. The molecule has 0 aromatic rings. The number of nitrogens with one attached hydrogen (secondary N) is 1. The summed E-state index contributed by atoms with van der Waals surface area (Å²) in [6, 6.07) is 0. The van der Waals surface area contributed by atoms with Gasteiger partial charge in [-0.25, -0.2) is 0 Å². The fourth-order valence-electron chi connectivity index (χ4n) is 2.33. The van der Waals surface area contributed by atoms with Crippen LogP contribution in [0.25, 0.3) is 0 Å². The molecule has 0 radical (unpaired) electrons. The molecule has 98 valence electrons. The normalized spacial score (nSPS) is 19.4. The van der Waals surface area contributed by atoms with Gasteiger partial charge in [-0.1, -0.05) is 32.6 Å². The van der Waals surface area contributed by atoms with E-state index in [-0.39, 0.29) is 24.2 Å². The molecule has 1 fully saturated rings. The molecular weight excluding hydrogens is 218 g/mol. The van der Waals surface area contributed by atoms with Gasteiger partial charge in [0.1, 0.15) is 0 Å². The van der Waals surface area contributed by atoms with E-state index in [1.807, 2.05) is 6.92 Å². The molecule has 1 atom stereocenters. The van der Waals surface area contributed by atoms with Crippen LogP contribution in [0.2, 0.25) is 0 Å². The molecule has 1 saturated carbocycles. The lowest BCUT2D eigenvalue weighted by atomic mass is 9.99. The molecule has 1 rings (SSSR count). The number of amides is 1. The molecule has 1 aliphatic rings. The Balaban J connectivity index is 2.25. The number of rotatable bonds is 5. The van der Waals surface area contributed by atoms with Crippen LogP contribution in [0.3, 0.4) is 0 Å². The number of carboxylic acids is 1. The SMILES string of the molecule is CC(CNC(=O)C1CCCCCC1)CC(=O)O. The smallest absolute Gasteiger partial charge is 0.303 e. The van der Waals surface area contributed by atoms with E-state index in [2.05, 4.69) is 5.32 Å². The van der Waals surface area contributed by atoms with Gasteiger partial charge < -0.3 is 10.4 Å². The maximum atomic E-state index is 11.9. The van der Waals surface area contributed by atoms with Crippen molar-refractivity contribution >= 4 is 11.9 Å². The largest absolute Gasteiger partial charge is 0.481 e. The van der Waals surface area contributed by atoms with E-state index < -0.39 is 5.97 Å². The van der Waals surface area contributed by atoms with E-state index in [0.29, 0.717) is 6.54 Å². The third-order valence-corrected chi connectivity index (χ3v) is 3.37. The molecule has 0 aromatic carbocycles. The van der Waals surface area contributed by atoms with Crippen LogP contribution in [0.4, 0.5) is 0 Å². The third kappa shape index (κ3) is 5.71. The summed E-state index contributed by atoms with van der Waals surface area (Å²) in [5.41, 5.74) is 0. The van der Waals surface area contributed by atoms with Crippen LogP contribution in [0.5, 0.6) is 0 Å². The Morgan fingerprint density at radius 3 is 2.35 bits per heavy atom. The summed E-state index contributed by atoms with van der Waals surface area (Å²) in [5, 5.41) is 11.5. The van der Waals surface area contributed by atoms with Crippen molar-refractivity contribution in [2.75, 3.05) is 6.54 Å². The van der Waals surface area contributed by atoms with E-state index >= 15 is 0 Å². The van der Waals surface area contributed by atoms with Crippen LogP contribution in [0.15, 0.2) is 0 Å². The first kappa shape index (κ1) is 14.0. The zero-order valence-corrected chi connectivity index (χ0v) is 10.6. The van der Waals surface area contributed by atoms with Gasteiger partial charge in [-0.05, 0) is 18.8 Å². The van der Waals surface area contributed by atoms with Crippen molar-refractivity contribution in [2.45, 2.75) is 51.9 Å². The fourth-order valence-corrected chi connectivity index (χ4v) is 2.33. The average molecular weight is 241 g/mol. The van der Waals surface area contributed by atoms with Crippen LogP contribution in [0, 0.1) is 11.8 Å². The van der Waals surface area contributed by atoms with Crippen molar-refractivity contribution in [2.24, 2.45) is 11.8 Å². The van der Waals surface area contributed by atoms with Crippen LogP contribution >= 0.6 is 0 Å². The van der Waals surface area contributed by atoms with Gasteiger partial charge in [-0.3, -0.25) is 9.59 Å². The van der Waals surface area contributed by atoms with E-state index in [9.17, 15) is 9.59 Å². The van der Waals surface area contributed by atoms with Gasteiger partial charge in [-0.2, -0.15) is 0 Å². The first-order valence-corrected chi connectivity index (χ1v) is 6.59. The van der Waals surface area contributed by atoms with Crippen molar-refractivity contribution in [1.82, 2.24) is 5.32 Å². The first-order valence-electron chi connectivity index (χ1n) is 6.59. The zero-order valence-electron chi connectivity index (χ0n) is 10.6. The average Bonchev–Trinajstić information content (AvgIpc) is 2.53. The lowest BCUT2D eigenvalue weighted by molar-refractivity contribution is -0.138. The molecule has 0 bridgehead atoms. The van der Waals surface area contributed by atoms with Crippen LogP contribution in [-0.4, -0.2) is 23.5 Å². The highest BCUT2D eigenvalue weighted by Gasteiger charge is 2.20. The Hall–Kier alpha value is -1.06. The standard InChI is InChI=1S/C13H23NO3/c1-10(8-12(15)16)9-14-13(17)11-6-4-2-3-5-7-11/h10-11H,2-9H2,1H3,(H,14,17)(H,15,16). The highest BCUT2D eigenvalue weighted by atomic mass is 16.4. The highest BCUT2D eigenvalue weighted by Crippen LogP contribution is 2.22. The van der Waals surface area contributed by atoms with E-state index in [1.165, 1.54) is 12.8 Å². The third-order valence-electron chi connectivity index (χ3n) is 3.37. The van der Waals surface area contributed by atoms with Gasteiger partial charge in [0.25, 0.3) is 0 Å². The van der Waals surface area contributed by atoms with Gasteiger partial charge in [-0.15, -0.1) is 0 Å². The number of carboxylic acid groups (broad SMARTS) is 1. The zero-order chi connectivity index (χ0) is 12.7. The topological polar surface area (TPSA) is 66.4 Å². The summed E-state index contributed by atoms with van der Waals surface area (Å²) in [5.74, 6) is -0.540. The number of hydrogen-bond acceptors (Lipinski definition) is 2. The molecular formula is C13H23NO3. The van der Waals surface area contributed by atoms with Crippen molar-refractivity contribution in [1.29, 1.82) is 0 Å². The Bertz CT molecular complexity index is 257. The van der Waals surface area contributed by atoms with Gasteiger partial charge in [0.15, 0.2) is 0 Å². The predicted molar refractivity (Wildman–Crippen MR) is 65.6 cm³/mol. The monoisotopic (exact) mass is 241 g/mol. The van der Waals surface area contributed by atoms with Crippen molar-refractivity contribution in [3.8, 4) is 0 Å². The Morgan fingerprint density at radius 2 is 1.82 bits per heavy atom. The van der Waals surface area contributed by atoms with Gasteiger partial charge in [0, 0.05) is 18.9 Å². The summed E-state index contributed by atoms with van der Waals surface area (Å²) in [7, 11) is 0. The first-order chi connectivity index (χ1) is 8.09. The minimum absolute atomic E-state index is 0.00206. The molecule has 17 heavy (non-hydrogen) atoms. The summed E-state index contributed by atoms with van der Waals surface area (Å²) in [6.45, 7) is 2.32. The van der Waals surface area contributed by atoms with Gasteiger partial charge in [0.05, 0.1) is 0 Å². The highest BCUT2D eigenvalue weighted by molar-refractivity contribution is 5.78. The van der Waals surface area contributed by atoms with E-state index in [4.69, 9.17) is 5.11 Å². The fraction of sp³-hybridized carbons (Fsp3) is 0.846. The lowest BCUT2D eigenvalue weighted by Crippen LogP contribution is -2.34. The van der Waals surface area contributed by atoms with Crippen LogP contribution < -0.4 is 5.32 Å². The number of aliphatic carboxylic acids is 1. The second-order valence-electron chi connectivity index (χ2n) is 5.14. The maximum Gasteiger partial charge on any atom is 0.303 e. The number of hydrogen-bond donors (Lipinski definition) is 2. The Labute approximate surface area is 103 Å². The minimum Gasteiger partial charge on any atom is -0.481 e. The Kier molecular flexibility index (Phi) is 6.01. The van der Waals surface area contributed by atoms with Crippen LogP contribution in [0.1, 0.15) is 51.9 Å². The summed E-state index contributed by atoms with van der Waals surface area (Å²) in [4.78, 5) is 22.4. The number of carbonyl (C=O) groups is 2.